The number of halogens is 4. The number of aliphatic carboxylic acids is 1. The average molecular weight is 420 g/mol. The van der Waals surface area contributed by atoms with E-state index in [1.54, 1.807) is 0 Å². The van der Waals surface area contributed by atoms with Gasteiger partial charge in [0.15, 0.2) is 0 Å². The van der Waals surface area contributed by atoms with Crippen molar-refractivity contribution >= 4 is 27.6 Å². The monoisotopic (exact) mass is 419 g/mol. The fourth-order valence-electron chi connectivity index (χ4n) is 2.19. The molecular formula is C17H13ClF3NO4S. The van der Waals surface area contributed by atoms with Gasteiger partial charge in [-0.3, -0.25) is 0 Å². The lowest BCUT2D eigenvalue weighted by Gasteiger charge is -2.20. The van der Waals surface area contributed by atoms with Crippen molar-refractivity contribution in [2.24, 2.45) is 0 Å². The van der Waals surface area contributed by atoms with Gasteiger partial charge in [0.1, 0.15) is 0 Å². The normalized spacial score (nSPS) is 13.2. The largest absolute Gasteiger partial charge is 0.478 e. The summed E-state index contributed by atoms with van der Waals surface area (Å²) in [5.41, 5.74) is -1.52. The molecule has 0 aliphatic rings. The average Bonchev–Trinajstić information content (AvgIpc) is 2.58. The van der Waals surface area contributed by atoms with Crippen molar-refractivity contribution in [3.8, 4) is 0 Å². The van der Waals surface area contributed by atoms with Crippen LogP contribution in [0.15, 0.2) is 65.6 Å². The molecule has 0 saturated heterocycles. The lowest BCUT2D eigenvalue weighted by atomic mass is 9.99. The maximum Gasteiger partial charge on any atom is 0.416 e. The quantitative estimate of drug-likeness (QED) is 0.693. The molecule has 0 spiro atoms. The van der Waals surface area contributed by atoms with E-state index in [2.05, 4.69) is 11.3 Å². The van der Waals surface area contributed by atoms with Gasteiger partial charge in [-0.2, -0.15) is 17.9 Å². The maximum atomic E-state index is 12.7. The zero-order chi connectivity index (χ0) is 20.4. The van der Waals surface area contributed by atoms with Crippen LogP contribution in [-0.4, -0.2) is 19.5 Å². The summed E-state index contributed by atoms with van der Waals surface area (Å²) in [6.45, 7) is 3.32. The minimum Gasteiger partial charge on any atom is -0.478 e. The highest BCUT2D eigenvalue weighted by molar-refractivity contribution is 7.89. The van der Waals surface area contributed by atoms with E-state index in [0.717, 1.165) is 30.3 Å². The Balaban J connectivity index is 2.44. The van der Waals surface area contributed by atoms with Gasteiger partial charge in [-0.1, -0.05) is 36.4 Å². The highest BCUT2D eigenvalue weighted by Gasteiger charge is 2.31. The molecule has 1 atom stereocenters. The van der Waals surface area contributed by atoms with E-state index in [1.807, 2.05) is 0 Å². The zero-order valence-electron chi connectivity index (χ0n) is 13.5. The molecule has 0 aliphatic carbocycles. The summed E-state index contributed by atoms with van der Waals surface area (Å²) in [5, 5.41) is 9.31. The molecule has 0 fully saturated rings. The second-order valence-electron chi connectivity index (χ2n) is 5.46. The number of carbonyl (C=O) groups is 1. The van der Waals surface area contributed by atoms with Crippen molar-refractivity contribution in [2.45, 2.75) is 17.1 Å². The van der Waals surface area contributed by atoms with Gasteiger partial charge in [-0.25, -0.2) is 13.2 Å². The molecule has 2 N–H and O–H groups in total. The molecular weight excluding hydrogens is 407 g/mol. The molecule has 0 bridgehead atoms. The van der Waals surface area contributed by atoms with E-state index in [9.17, 15) is 31.5 Å². The van der Waals surface area contributed by atoms with Crippen molar-refractivity contribution in [1.29, 1.82) is 0 Å². The van der Waals surface area contributed by atoms with Crippen LogP contribution in [0, 0.1) is 0 Å². The molecule has 2 aromatic carbocycles. The fourth-order valence-corrected chi connectivity index (χ4v) is 3.71. The first-order valence-electron chi connectivity index (χ1n) is 7.29. The second-order valence-corrected chi connectivity index (χ2v) is 7.61. The number of hydrogen-bond acceptors (Lipinski definition) is 3. The molecule has 0 amide bonds. The first-order valence-corrected chi connectivity index (χ1v) is 9.15. The molecule has 27 heavy (non-hydrogen) atoms. The molecule has 10 heteroatoms. The Hall–Kier alpha value is -2.36. The Morgan fingerprint density at radius 1 is 1.15 bits per heavy atom. The van der Waals surface area contributed by atoms with Crippen LogP contribution in [0.3, 0.4) is 0 Å². The third-order valence-electron chi connectivity index (χ3n) is 3.57. The number of sulfonamides is 1. The summed E-state index contributed by atoms with van der Waals surface area (Å²) in [7, 11) is -4.23. The minimum absolute atomic E-state index is 0.0130. The van der Waals surface area contributed by atoms with Gasteiger partial charge in [0, 0.05) is 5.02 Å². The van der Waals surface area contributed by atoms with Crippen molar-refractivity contribution in [3.63, 3.8) is 0 Å². The molecule has 0 radical (unpaired) electrons. The summed E-state index contributed by atoms with van der Waals surface area (Å²) < 4.78 is 65.3. The predicted octanol–water partition coefficient (Wildman–Crippen LogP) is 4.02. The number of benzene rings is 2. The van der Waals surface area contributed by atoms with Gasteiger partial charge in [0.2, 0.25) is 10.0 Å². The van der Waals surface area contributed by atoms with Gasteiger partial charge in [-0.15, -0.1) is 0 Å². The van der Waals surface area contributed by atoms with Crippen LogP contribution in [0.4, 0.5) is 13.2 Å². The zero-order valence-corrected chi connectivity index (χ0v) is 15.1. The van der Waals surface area contributed by atoms with Crippen LogP contribution in [0.5, 0.6) is 0 Å². The third-order valence-corrected chi connectivity index (χ3v) is 5.23. The van der Waals surface area contributed by atoms with Crippen LogP contribution in [0.25, 0.3) is 0 Å². The lowest BCUT2D eigenvalue weighted by Crippen LogP contribution is -2.31. The summed E-state index contributed by atoms with van der Waals surface area (Å²) in [4.78, 5) is 11.0. The smallest absolute Gasteiger partial charge is 0.416 e. The van der Waals surface area contributed by atoms with E-state index in [0.29, 0.717) is 0 Å². The highest BCUT2D eigenvalue weighted by Crippen LogP contribution is 2.31. The van der Waals surface area contributed by atoms with Crippen molar-refractivity contribution in [1.82, 2.24) is 4.72 Å². The predicted molar refractivity (Wildman–Crippen MR) is 92.7 cm³/mol. The van der Waals surface area contributed by atoms with Crippen molar-refractivity contribution in [3.05, 3.63) is 76.8 Å². The van der Waals surface area contributed by atoms with Crippen LogP contribution >= 0.6 is 11.6 Å². The number of hydrogen-bond donors (Lipinski definition) is 2. The summed E-state index contributed by atoms with van der Waals surface area (Å²) >= 11 is 5.77. The SMILES string of the molecule is C=C(C(=O)O)C(NS(=O)(=O)c1cccc(Cl)c1)c1ccc(C(F)(F)F)cc1. The summed E-state index contributed by atoms with van der Waals surface area (Å²) in [6, 6.07) is 7.17. The number of carboxylic acids is 1. The standard InChI is InChI=1S/C17H13ClF3NO4S/c1-10(16(23)24)15(11-5-7-12(8-6-11)17(19,20)21)22-27(25,26)14-4-2-3-13(18)9-14/h2-9,15,22H,1H2,(H,23,24). The molecule has 2 aromatic rings. The van der Waals surface area contributed by atoms with Crippen LogP contribution in [0.2, 0.25) is 5.02 Å². The van der Waals surface area contributed by atoms with Crippen LogP contribution in [0.1, 0.15) is 17.2 Å². The van der Waals surface area contributed by atoms with E-state index in [-0.39, 0.29) is 15.5 Å². The first kappa shape index (κ1) is 20.9. The second kappa shape index (κ2) is 7.71. The highest BCUT2D eigenvalue weighted by atomic mass is 35.5. The Morgan fingerprint density at radius 3 is 2.22 bits per heavy atom. The topological polar surface area (TPSA) is 83.5 Å². The first-order chi connectivity index (χ1) is 12.4. The Kier molecular flexibility index (Phi) is 5.98. The molecule has 0 aliphatic heterocycles. The van der Waals surface area contributed by atoms with Gasteiger partial charge in [0.05, 0.1) is 22.1 Å². The van der Waals surface area contributed by atoms with Gasteiger partial charge in [0.25, 0.3) is 0 Å². The molecule has 2 rings (SSSR count). The van der Waals surface area contributed by atoms with E-state index >= 15 is 0 Å². The van der Waals surface area contributed by atoms with Crippen LogP contribution < -0.4 is 4.72 Å². The molecule has 1 unspecified atom stereocenters. The number of nitrogens with one attached hydrogen (secondary N) is 1. The van der Waals surface area contributed by atoms with E-state index in [4.69, 9.17) is 11.6 Å². The maximum absolute atomic E-state index is 12.7. The van der Waals surface area contributed by atoms with E-state index < -0.39 is 39.3 Å². The van der Waals surface area contributed by atoms with Crippen molar-refractivity contribution < 1.29 is 31.5 Å². The van der Waals surface area contributed by atoms with Gasteiger partial charge < -0.3 is 5.11 Å². The molecule has 5 nitrogen and oxygen atoms in total. The lowest BCUT2D eigenvalue weighted by molar-refractivity contribution is -0.137. The number of alkyl halides is 3. The molecule has 144 valence electrons. The van der Waals surface area contributed by atoms with E-state index in [1.165, 1.54) is 18.2 Å². The Bertz CT molecular complexity index is 972. The Labute approximate surface area is 158 Å². The Morgan fingerprint density at radius 2 is 1.74 bits per heavy atom. The van der Waals surface area contributed by atoms with Gasteiger partial charge in [-0.05, 0) is 35.9 Å². The summed E-state index contributed by atoms with van der Waals surface area (Å²) in [5.74, 6) is -1.51. The number of rotatable bonds is 6. The van der Waals surface area contributed by atoms with Crippen LogP contribution in [-0.2, 0) is 21.0 Å². The minimum atomic E-state index is -4.59. The molecule has 0 saturated carbocycles. The van der Waals surface area contributed by atoms with Crippen molar-refractivity contribution in [2.75, 3.05) is 0 Å². The number of carboxylic acid groups (broad SMARTS) is 1. The summed E-state index contributed by atoms with van der Waals surface area (Å²) in [6.07, 6.45) is -4.59. The van der Waals surface area contributed by atoms with Gasteiger partial charge >= 0.3 is 12.1 Å². The molecule has 0 aromatic heterocycles. The molecule has 0 heterocycles. The third kappa shape index (κ3) is 5.09. The fraction of sp³-hybridized carbons (Fsp3) is 0.118.